The van der Waals surface area contributed by atoms with Crippen molar-refractivity contribution < 1.29 is 22.7 Å². The minimum atomic E-state index is -4.40. The van der Waals surface area contributed by atoms with Crippen LogP contribution in [0.3, 0.4) is 0 Å². The van der Waals surface area contributed by atoms with Crippen LogP contribution in [-0.4, -0.2) is 35.1 Å². The summed E-state index contributed by atoms with van der Waals surface area (Å²) in [5.74, 6) is -0.748. The Morgan fingerprint density at radius 1 is 1.53 bits per heavy atom. The molecule has 0 bridgehead atoms. The van der Waals surface area contributed by atoms with Gasteiger partial charge >= 0.3 is 12.1 Å². The zero-order valence-electron chi connectivity index (χ0n) is 10.7. The number of ether oxygens (including phenoxy) is 1. The first-order valence-electron chi connectivity index (χ1n) is 5.86. The number of rotatable bonds is 6. The molecule has 0 aliphatic heterocycles. The van der Waals surface area contributed by atoms with Crippen LogP contribution in [0.5, 0.6) is 0 Å². The van der Waals surface area contributed by atoms with Crippen LogP contribution in [0, 0.1) is 0 Å². The second-order valence-electron chi connectivity index (χ2n) is 3.81. The predicted molar refractivity (Wildman–Crippen MR) is 61.3 cm³/mol. The average molecular weight is 279 g/mol. The molecule has 0 fully saturated rings. The van der Waals surface area contributed by atoms with Crippen molar-refractivity contribution in [1.29, 1.82) is 0 Å². The van der Waals surface area contributed by atoms with E-state index in [-0.39, 0.29) is 6.61 Å². The lowest BCUT2D eigenvalue weighted by Crippen LogP contribution is -2.36. The third-order valence-corrected chi connectivity index (χ3v) is 2.34. The molecule has 0 aliphatic rings. The number of aryl methyl sites for hydroxylation is 1. The molecule has 1 unspecified atom stereocenters. The van der Waals surface area contributed by atoms with Gasteiger partial charge in [-0.05, 0) is 13.8 Å². The summed E-state index contributed by atoms with van der Waals surface area (Å²) in [5, 5.41) is 6.08. The Kier molecular flexibility index (Phi) is 5.34. The lowest BCUT2D eigenvalue weighted by molar-refractivity contribution is -0.149. The first-order valence-corrected chi connectivity index (χ1v) is 5.86. The SMILES string of the molecule is CCOC(=O)C(NCC(F)(F)F)c1cnn(CC)c1. The Balaban J connectivity index is 2.82. The van der Waals surface area contributed by atoms with Gasteiger partial charge in [-0.3, -0.25) is 10.00 Å². The largest absolute Gasteiger partial charge is 0.465 e. The topological polar surface area (TPSA) is 56.1 Å². The van der Waals surface area contributed by atoms with E-state index in [4.69, 9.17) is 4.74 Å². The summed E-state index contributed by atoms with van der Waals surface area (Å²) in [7, 11) is 0. The highest BCUT2D eigenvalue weighted by molar-refractivity contribution is 5.77. The second-order valence-corrected chi connectivity index (χ2v) is 3.81. The fraction of sp³-hybridized carbons (Fsp3) is 0.636. The summed E-state index contributed by atoms with van der Waals surface area (Å²) >= 11 is 0. The molecule has 5 nitrogen and oxygen atoms in total. The minimum Gasteiger partial charge on any atom is -0.465 e. The van der Waals surface area contributed by atoms with E-state index in [9.17, 15) is 18.0 Å². The van der Waals surface area contributed by atoms with Gasteiger partial charge in [-0.25, -0.2) is 4.79 Å². The third-order valence-electron chi connectivity index (χ3n) is 2.34. The molecular formula is C11H16F3N3O2. The number of hydrogen-bond acceptors (Lipinski definition) is 4. The van der Waals surface area contributed by atoms with Gasteiger partial charge in [0.25, 0.3) is 0 Å². The fourth-order valence-corrected chi connectivity index (χ4v) is 1.48. The molecule has 0 saturated heterocycles. The van der Waals surface area contributed by atoms with Crippen molar-refractivity contribution >= 4 is 5.97 Å². The Morgan fingerprint density at radius 3 is 2.68 bits per heavy atom. The summed E-state index contributed by atoms with van der Waals surface area (Å²) in [6.45, 7) is 2.82. The molecule has 0 saturated carbocycles. The molecule has 1 atom stereocenters. The molecule has 1 N–H and O–H groups in total. The van der Waals surface area contributed by atoms with E-state index in [1.165, 1.54) is 17.1 Å². The molecule has 0 radical (unpaired) electrons. The molecule has 0 amide bonds. The quantitative estimate of drug-likeness (QED) is 0.805. The van der Waals surface area contributed by atoms with Crippen LogP contribution in [0.4, 0.5) is 13.2 Å². The van der Waals surface area contributed by atoms with Crippen LogP contribution >= 0.6 is 0 Å². The van der Waals surface area contributed by atoms with Crippen molar-refractivity contribution in [2.45, 2.75) is 32.6 Å². The van der Waals surface area contributed by atoms with Gasteiger partial charge in [0.2, 0.25) is 0 Å². The van der Waals surface area contributed by atoms with Gasteiger partial charge in [0.05, 0.1) is 19.3 Å². The molecule has 1 rings (SSSR count). The second kappa shape index (κ2) is 6.55. The summed E-state index contributed by atoms with van der Waals surface area (Å²) < 4.78 is 42.9. The zero-order chi connectivity index (χ0) is 14.5. The van der Waals surface area contributed by atoms with E-state index < -0.39 is 24.7 Å². The number of halogens is 3. The molecule has 108 valence electrons. The van der Waals surface area contributed by atoms with Gasteiger partial charge in [-0.1, -0.05) is 0 Å². The monoisotopic (exact) mass is 279 g/mol. The third kappa shape index (κ3) is 4.90. The van der Waals surface area contributed by atoms with E-state index in [1.54, 1.807) is 6.92 Å². The number of carbonyl (C=O) groups is 1. The van der Waals surface area contributed by atoms with Crippen LogP contribution in [0.25, 0.3) is 0 Å². The van der Waals surface area contributed by atoms with E-state index in [2.05, 4.69) is 10.4 Å². The number of hydrogen-bond donors (Lipinski definition) is 1. The van der Waals surface area contributed by atoms with Gasteiger partial charge in [-0.15, -0.1) is 0 Å². The summed E-state index contributed by atoms with van der Waals surface area (Å²) in [6, 6.07) is -1.16. The Hall–Kier alpha value is -1.57. The number of nitrogens with one attached hydrogen (secondary N) is 1. The van der Waals surface area contributed by atoms with Crippen molar-refractivity contribution in [3.63, 3.8) is 0 Å². The Bertz CT molecular complexity index is 418. The average Bonchev–Trinajstić information content (AvgIpc) is 2.76. The molecule has 1 aromatic heterocycles. The maximum Gasteiger partial charge on any atom is 0.401 e. The molecule has 0 spiro atoms. The zero-order valence-corrected chi connectivity index (χ0v) is 10.7. The number of esters is 1. The van der Waals surface area contributed by atoms with Crippen molar-refractivity contribution in [3.8, 4) is 0 Å². The first-order chi connectivity index (χ1) is 8.87. The fourth-order valence-electron chi connectivity index (χ4n) is 1.48. The van der Waals surface area contributed by atoms with Crippen LogP contribution in [-0.2, 0) is 16.1 Å². The van der Waals surface area contributed by atoms with Crippen molar-refractivity contribution in [3.05, 3.63) is 18.0 Å². The van der Waals surface area contributed by atoms with Crippen molar-refractivity contribution in [2.24, 2.45) is 0 Å². The van der Waals surface area contributed by atoms with Crippen molar-refractivity contribution in [2.75, 3.05) is 13.2 Å². The molecule has 1 heterocycles. The highest BCUT2D eigenvalue weighted by atomic mass is 19.4. The molecular weight excluding hydrogens is 263 g/mol. The van der Waals surface area contributed by atoms with Gasteiger partial charge in [0, 0.05) is 18.3 Å². The lowest BCUT2D eigenvalue weighted by atomic mass is 10.1. The highest BCUT2D eigenvalue weighted by Gasteiger charge is 2.31. The number of alkyl halides is 3. The molecule has 0 aliphatic carbocycles. The normalized spacial score (nSPS) is 13.3. The Labute approximate surface area is 108 Å². The molecule has 0 aromatic carbocycles. The van der Waals surface area contributed by atoms with Crippen LogP contribution in [0.15, 0.2) is 12.4 Å². The Morgan fingerprint density at radius 2 is 2.21 bits per heavy atom. The van der Waals surface area contributed by atoms with E-state index in [1.807, 2.05) is 6.92 Å². The van der Waals surface area contributed by atoms with Gasteiger partial charge < -0.3 is 4.74 Å². The predicted octanol–water partition coefficient (Wildman–Crippen LogP) is 1.66. The first kappa shape index (κ1) is 15.5. The number of nitrogens with zero attached hydrogens (tertiary/aromatic N) is 2. The van der Waals surface area contributed by atoms with Gasteiger partial charge in [0.15, 0.2) is 0 Å². The van der Waals surface area contributed by atoms with Gasteiger partial charge in [-0.2, -0.15) is 18.3 Å². The minimum absolute atomic E-state index is 0.102. The molecule has 19 heavy (non-hydrogen) atoms. The molecule has 8 heteroatoms. The van der Waals surface area contributed by atoms with Crippen molar-refractivity contribution in [1.82, 2.24) is 15.1 Å². The summed E-state index contributed by atoms with van der Waals surface area (Å²) in [5.41, 5.74) is 0.351. The van der Waals surface area contributed by atoms with E-state index in [0.29, 0.717) is 12.1 Å². The maximum atomic E-state index is 12.2. The smallest absolute Gasteiger partial charge is 0.401 e. The van der Waals surface area contributed by atoms with E-state index in [0.717, 1.165) is 0 Å². The van der Waals surface area contributed by atoms with E-state index >= 15 is 0 Å². The standard InChI is InChI=1S/C11H16F3N3O2/c1-3-17-6-8(5-16-17)9(10(18)19-4-2)15-7-11(12,13)14/h5-6,9,15H,3-4,7H2,1-2H3. The van der Waals surface area contributed by atoms with Gasteiger partial charge in [0.1, 0.15) is 6.04 Å². The maximum absolute atomic E-state index is 12.2. The van der Waals surface area contributed by atoms with Crippen LogP contribution < -0.4 is 5.32 Å². The van der Waals surface area contributed by atoms with Crippen LogP contribution in [0.1, 0.15) is 25.5 Å². The lowest BCUT2D eigenvalue weighted by Gasteiger charge is -2.17. The molecule has 1 aromatic rings. The highest BCUT2D eigenvalue weighted by Crippen LogP contribution is 2.18. The summed E-state index contributed by atoms with van der Waals surface area (Å²) in [6.07, 6.45) is -1.52. The van der Waals surface area contributed by atoms with Crippen LogP contribution in [0.2, 0.25) is 0 Å². The number of aromatic nitrogens is 2. The number of carbonyl (C=O) groups excluding carboxylic acids is 1. The summed E-state index contributed by atoms with van der Waals surface area (Å²) in [4.78, 5) is 11.7.